The third-order valence-corrected chi connectivity index (χ3v) is 5.28. The molecule has 3 aliphatic rings. The lowest BCUT2D eigenvalue weighted by molar-refractivity contribution is 0.0322. The number of anilines is 1. The van der Waals surface area contributed by atoms with Gasteiger partial charge < -0.3 is 15.2 Å². The number of aromatic nitrogens is 2. The number of nitrogens with one attached hydrogen (secondary N) is 1. The SMILES string of the molecule is O[C@@H]1CCCC[C@H]1Nc1nnc(Cl)c2c1[C@@H]1CC[C@H](C2)O1. The third kappa shape index (κ3) is 2.41. The maximum Gasteiger partial charge on any atom is 0.155 e. The molecule has 4 atom stereocenters. The summed E-state index contributed by atoms with van der Waals surface area (Å²) < 4.78 is 6.01. The van der Waals surface area contributed by atoms with E-state index in [1.807, 2.05) is 0 Å². The van der Waals surface area contributed by atoms with Crippen LogP contribution in [0.1, 0.15) is 55.8 Å². The number of hydrogen-bond donors (Lipinski definition) is 2. The Kier molecular flexibility index (Phi) is 3.52. The van der Waals surface area contributed by atoms with Gasteiger partial charge in [0.2, 0.25) is 0 Å². The van der Waals surface area contributed by atoms with Gasteiger partial charge in [0.15, 0.2) is 11.0 Å². The maximum absolute atomic E-state index is 10.2. The molecule has 21 heavy (non-hydrogen) atoms. The Labute approximate surface area is 129 Å². The molecule has 114 valence electrons. The first kappa shape index (κ1) is 13.7. The summed E-state index contributed by atoms with van der Waals surface area (Å²) in [5.41, 5.74) is 2.15. The van der Waals surface area contributed by atoms with Crippen molar-refractivity contribution in [2.24, 2.45) is 0 Å². The van der Waals surface area contributed by atoms with E-state index in [-0.39, 0.29) is 24.4 Å². The normalized spacial score (nSPS) is 34.6. The molecule has 3 heterocycles. The molecule has 1 saturated heterocycles. The number of aliphatic hydroxyl groups is 1. The second-order valence-electron chi connectivity index (χ2n) is 6.36. The van der Waals surface area contributed by atoms with E-state index in [4.69, 9.17) is 16.3 Å². The van der Waals surface area contributed by atoms with Crippen molar-refractivity contribution in [3.8, 4) is 0 Å². The Morgan fingerprint density at radius 1 is 1.14 bits per heavy atom. The molecule has 1 saturated carbocycles. The van der Waals surface area contributed by atoms with Crippen molar-refractivity contribution in [1.82, 2.24) is 10.2 Å². The molecular weight excluding hydrogens is 290 g/mol. The number of hydrogen-bond acceptors (Lipinski definition) is 5. The summed E-state index contributed by atoms with van der Waals surface area (Å²) in [6, 6.07) is 0.0532. The van der Waals surface area contributed by atoms with Crippen molar-refractivity contribution < 1.29 is 9.84 Å². The molecule has 1 aliphatic carbocycles. The highest BCUT2D eigenvalue weighted by Gasteiger charge is 2.38. The van der Waals surface area contributed by atoms with Gasteiger partial charge in [-0.05, 0) is 25.7 Å². The third-order valence-electron chi connectivity index (χ3n) is 4.98. The summed E-state index contributed by atoms with van der Waals surface area (Å²) in [5, 5.41) is 22.4. The zero-order valence-corrected chi connectivity index (χ0v) is 12.6. The fourth-order valence-corrected chi connectivity index (χ4v) is 4.08. The minimum absolute atomic E-state index is 0.0532. The van der Waals surface area contributed by atoms with Gasteiger partial charge in [0.25, 0.3) is 0 Å². The smallest absolute Gasteiger partial charge is 0.155 e. The summed E-state index contributed by atoms with van der Waals surface area (Å²) in [4.78, 5) is 0. The fraction of sp³-hybridized carbons (Fsp3) is 0.733. The predicted octanol–water partition coefficient (Wildman–Crippen LogP) is 2.62. The highest BCUT2D eigenvalue weighted by Crippen LogP contribution is 2.45. The average Bonchev–Trinajstić information content (AvgIpc) is 2.86. The average molecular weight is 310 g/mol. The van der Waals surface area contributed by atoms with Crippen LogP contribution in [0.25, 0.3) is 0 Å². The Balaban J connectivity index is 1.67. The predicted molar refractivity (Wildman–Crippen MR) is 79.5 cm³/mol. The van der Waals surface area contributed by atoms with Gasteiger partial charge in [0.05, 0.1) is 24.4 Å². The molecule has 0 amide bonds. The Bertz CT molecular complexity index is 554. The van der Waals surface area contributed by atoms with Gasteiger partial charge in [0, 0.05) is 17.5 Å². The van der Waals surface area contributed by atoms with Crippen LogP contribution in [-0.2, 0) is 11.2 Å². The van der Waals surface area contributed by atoms with Crippen LogP contribution in [0.15, 0.2) is 0 Å². The van der Waals surface area contributed by atoms with E-state index in [0.717, 1.165) is 61.9 Å². The Hall–Kier alpha value is -0.910. The monoisotopic (exact) mass is 309 g/mol. The molecular formula is C15H20ClN3O2. The van der Waals surface area contributed by atoms with Crippen LogP contribution < -0.4 is 5.32 Å². The van der Waals surface area contributed by atoms with E-state index in [0.29, 0.717) is 5.15 Å². The molecule has 4 rings (SSSR count). The second-order valence-corrected chi connectivity index (χ2v) is 6.72. The second kappa shape index (κ2) is 5.38. The van der Waals surface area contributed by atoms with Gasteiger partial charge >= 0.3 is 0 Å². The van der Waals surface area contributed by atoms with Gasteiger partial charge in [-0.3, -0.25) is 0 Å². The highest BCUT2D eigenvalue weighted by molar-refractivity contribution is 6.30. The Morgan fingerprint density at radius 3 is 2.86 bits per heavy atom. The molecule has 5 nitrogen and oxygen atoms in total. The van der Waals surface area contributed by atoms with Gasteiger partial charge in [-0.15, -0.1) is 10.2 Å². The number of ether oxygens (including phenoxy) is 1. The lowest BCUT2D eigenvalue weighted by Gasteiger charge is -2.31. The molecule has 2 aliphatic heterocycles. The van der Waals surface area contributed by atoms with Gasteiger partial charge in [-0.25, -0.2) is 0 Å². The van der Waals surface area contributed by atoms with Crippen LogP contribution in [0.3, 0.4) is 0 Å². The molecule has 0 radical (unpaired) electrons. The zero-order valence-electron chi connectivity index (χ0n) is 11.9. The standard InChI is InChI=1S/C15H20ClN3O2/c16-14-9-7-8-5-6-12(21-8)13(9)15(19-18-14)17-10-3-1-2-4-11(10)20/h8,10-12,20H,1-7H2,(H,17,19)/t8-,10-,11-,12+/m1/s1. The molecule has 2 fully saturated rings. The lowest BCUT2D eigenvalue weighted by Crippen LogP contribution is -2.37. The zero-order chi connectivity index (χ0) is 14.4. The summed E-state index contributed by atoms with van der Waals surface area (Å²) in [6.07, 6.45) is 7.00. The highest BCUT2D eigenvalue weighted by atomic mass is 35.5. The number of halogens is 1. The number of fused-ring (bicyclic) bond motifs is 4. The van der Waals surface area contributed by atoms with Gasteiger partial charge in [0.1, 0.15) is 0 Å². The van der Waals surface area contributed by atoms with Crippen LogP contribution in [0.2, 0.25) is 5.15 Å². The van der Waals surface area contributed by atoms with Crippen molar-refractivity contribution in [3.05, 3.63) is 16.3 Å². The molecule has 1 aromatic rings. The first-order valence-corrected chi connectivity index (χ1v) is 8.25. The molecule has 6 heteroatoms. The van der Waals surface area contributed by atoms with Gasteiger partial charge in [-0.2, -0.15) is 0 Å². The minimum Gasteiger partial charge on any atom is -0.391 e. The molecule has 2 N–H and O–H groups in total. The first-order valence-electron chi connectivity index (χ1n) is 7.87. The fourth-order valence-electron chi connectivity index (χ4n) is 3.86. The lowest BCUT2D eigenvalue weighted by atomic mass is 9.92. The molecule has 0 spiro atoms. The van der Waals surface area contributed by atoms with E-state index >= 15 is 0 Å². The molecule has 2 bridgehead atoms. The maximum atomic E-state index is 10.2. The number of aliphatic hydroxyl groups excluding tert-OH is 1. The summed E-state index contributed by atoms with van der Waals surface area (Å²) in [6.45, 7) is 0. The van der Waals surface area contributed by atoms with Crippen LogP contribution >= 0.6 is 11.6 Å². The van der Waals surface area contributed by atoms with Crippen molar-refractivity contribution in [2.75, 3.05) is 5.32 Å². The van der Waals surface area contributed by atoms with Gasteiger partial charge in [-0.1, -0.05) is 24.4 Å². The summed E-state index contributed by atoms with van der Waals surface area (Å²) in [5.74, 6) is 0.755. The van der Waals surface area contributed by atoms with E-state index in [9.17, 15) is 5.11 Å². The Morgan fingerprint density at radius 2 is 2.00 bits per heavy atom. The van der Waals surface area contributed by atoms with Crippen LogP contribution in [0.5, 0.6) is 0 Å². The van der Waals surface area contributed by atoms with E-state index in [1.54, 1.807) is 0 Å². The van der Waals surface area contributed by atoms with Crippen molar-refractivity contribution >= 4 is 17.4 Å². The van der Waals surface area contributed by atoms with Crippen LogP contribution in [0.4, 0.5) is 5.82 Å². The van der Waals surface area contributed by atoms with E-state index < -0.39 is 0 Å². The van der Waals surface area contributed by atoms with E-state index in [1.165, 1.54) is 0 Å². The van der Waals surface area contributed by atoms with E-state index in [2.05, 4.69) is 15.5 Å². The summed E-state index contributed by atoms with van der Waals surface area (Å²) in [7, 11) is 0. The molecule has 0 unspecified atom stereocenters. The molecule has 0 aromatic carbocycles. The molecule has 1 aromatic heterocycles. The topological polar surface area (TPSA) is 67.3 Å². The largest absolute Gasteiger partial charge is 0.391 e. The van der Waals surface area contributed by atoms with Crippen molar-refractivity contribution in [3.63, 3.8) is 0 Å². The van der Waals surface area contributed by atoms with Crippen LogP contribution in [0, 0.1) is 0 Å². The van der Waals surface area contributed by atoms with Crippen LogP contribution in [-0.4, -0.2) is 33.6 Å². The number of rotatable bonds is 2. The quantitative estimate of drug-likeness (QED) is 0.879. The van der Waals surface area contributed by atoms with Crippen molar-refractivity contribution in [1.29, 1.82) is 0 Å². The number of nitrogens with zero attached hydrogens (tertiary/aromatic N) is 2. The minimum atomic E-state index is -0.312. The summed E-state index contributed by atoms with van der Waals surface area (Å²) >= 11 is 6.24. The first-order chi connectivity index (χ1) is 10.2. The van der Waals surface area contributed by atoms with Crippen molar-refractivity contribution in [2.45, 2.75) is 69.3 Å².